The van der Waals surface area contributed by atoms with E-state index in [1.165, 1.54) is 0 Å². The molecule has 0 radical (unpaired) electrons. The van der Waals surface area contributed by atoms with Crippen molar-refractivity contribution in [1.29, 1.82) is 0 Å². The number of rotatable bonds is 5. The zero-order valence-corrected chi connectivity index (χ0v) is 13.8. The SMILES string of the molecule is CC(C)CN1C(=O)C(=O)N(CC(=O)Nc2ccc3c(c2)OCO3)C1=O. The first-order valence-corrected chi connectivity index (χ1v) is 7.73. The average molecular weight is 347 g/mol. The normalized spacial score (nSPS) is 16.2. The molecule has 9 heteroatoms. The molecule has 25 heavy (non-hydrogen) atoms. The second-order valence-corrected chi connectivity index (χ2v) is 6.10. The van der Waals surface area contributed by atoms with Crippen LogP contribution in [0, 0.1) is 5.92 Å². The summed E-state index contributed by atoms with van der Waals surface area (Å²) in [6.45, 7) is 3.34. The molecule has 5 amide bonds. The van der Waals surface area contributed by atoms with Gasteiger partial charge in [-0.3, -0.25) is 19.3 Å². The summed E-state index contributed by atoms with van der Waals surface area (Å²) >= 11 is 0. The molecule has 3 rings (SSSR count). The van der Waals surface area contributed by atoms with Crippen LogP contribution in [0.15, 0.2) is 18.2 Å². The molecule has 2 aliphatic rings. The number of hydrogen-bond donors (Lipinski definition) is 1. The Hall–Kier alpha value is -3.10. The van der Waals surface area contributed by atoms with Crippen LogP contribution in [0.1, 0.15) is 13.8 Å². The number of imide groups is 2. The van der Waals surface area contributed by atoms with Crippen molar-refractivity contribution in [3.8, 4) is 11.5 Å². The van der Waals surface area contributed by atoms with E-state index in [9.17, 15) is 19.2 Å². The number of carbonyl (C=O) groups is 4. The van der Waals surface area contributed by atoms with E-state index in [4.69, 9.17) is 9.47 Å². The van der Waals surface area contributed by atoms with Crippen LogP contribution in [-0.4, -0.2) is 53.4 Å². The molecular weight excluding hydrogens is 330 g/mol. The molecule has 1 aromatic rings. The number of fused-ring (bicyclic) bond motifs is 1. The number of hydrogen-bond acceptors (Lipinski definition) is 6. The van der Waals surface area contributed by atoms with Gasteiger partial charge in [-0.2, -0.15) is 0 Å². The van der Waals surface area contributed by atoms with Crippen LogP contribution in [-0.2, 0) is 14.4 Å². The number of benzene rings is 1. The van der Waals surface area contributed by atoms with Crippen LogP contribution in [0.25, 0.3) is 0 Å². The van der Waals surface area contributed by atoms with E-state index in [2.05, 4.69) is 5.32 Å². The Morgan fingerprint density at radius 2 is 1.80 bits per heavy atom. The monoisotopic (exact) mass is 347 g/mol. The molecule has 2 heterocycles. The van der Waals surface area contributed by atoms with Crippen molar-refractivity contribution in [2.24, 2.45) is 5.92 Å². The minimum Gasteiger partial charge on any atom is -0.454 e. The van der Waals surface area contributed by atoms with Gasteiger partial charge in [0.25, 0.3) is 0 Å². The van der Waals surface area contributed by atoms with E-state index in [1.54, 1.807) is 18.2 Å². The minimum absolute atomic E-state index is 0.0168. The van der Waals surface area contributed by atoms with Crippen LogP contribution < -0.4 is 14.8 Å². The van der Waals surface area contributed by atoms with Crippen molar-refractivity contribution < 1.29 is 28.7 Å². The number of anilines is 1. The lowest BCUT2D eigenvalue weighted by molar-refractivity contribution is -0.143. The molecule has 0 aromatic heterocycles. The number of amides is 5. The quantitative estimate of drug-likeness (QED) is 0.624. The summed E-state index contributed by atoms with van der Waals surface area (Å²) < 4.78 is 10.4. The van der Waals surface area contributed by atoms with E-state index < -0.39 is 30.3 Å². The number of urea groups is 1. The molecule has 0 bridgehead atoms. The standard InChI is InChI=1S/C16H17N3O6/c1-9(2)6-18-14(21)15(22)19(16(18)23)7-13(20)17-10-3-4-11-12(5-10)25-8-24-11/h3-5,9H,6-8H2,1-2H3,(H,17,20). The van der Waals surface area contributed by atoms with Gasteiger partial charge in [-0.25, -0.2) is 9.69 Å². The van der Waals surface area contributed by atoms with Gasteiger partial charge in [-0.15, -0.1) is 0 Å². The van der Waals surface area contributed by atoms with Gasteiger partial charge in [-0.1, -0.05) is 13.8 Å². The maximum atomic E-state index is 12.2. The Labute approximate surface area is 143 Å². The maximum Gasteiger partial charge on any atom is 0.334 e. The lowest BCUT2D eigenvalue weighted by atomic mass is 10.2. The Bertz CT molecular complexity index is 760. The van der Waals surface area contributed by atoms with Crippen LogP contribution in [0.5, 0.6) is 11.5 Å². The van der Waals surface area contributed by atoms with Gasteiger partial charge in [0, 0.05) is 18.3 Å². The second kappa shape index (κ2) is 6.42. The number of carbonyl (C=O) groups excluding carboxylic acids is 4. The van der Waals surface area contributed by atoms with Gasteiger partial charge in [0.2, 0.25) is 12.7 Å². The van der Waals surface area contributed by atoms with Crippen LogP contribution in [0.4, 0.5) is 10.5 Å². The Balaban J connectivity index is 1.65. The Kier molecular flexibility index (Phi) is 4.30. The highest BCUT2D eigenvalue weighted by molar-refractivity contribution is 6.45. The summed E-state index contributed by atoms with van der Waals surface area (Å²) in [6.07, 6.45) is 0. The fourth-order valence-corrected chi connectivity index (χ4v) is 2.53. The minimum atomic E-state index is -0.994. The molecular formula is C16H17N3O6. The van der Waals surface area contributed by atoms with Crippen molar-refractivity contribution in [3.63, 3.8) is 0 Å². The summed E-state index contributed by atoms with van der Waals surface area (Å²) in [5, 5.41) is 2.56. The second-order valence-electron chi connectivity index (χ2n) is 6.10. The molecule has 1 aromatic carbocycles. The zero-order chi connectivity index (χ0) is 18.1. The molecule has 1 fully saturated rings. The van der Waals surface area contributed by atoms with Gasteiger partial charge < -0.3 is 14.8 Å². The number of ether oxygens (including phenoxy) is 2. The smallest absolute Gasteiger partial charge is 0.334 e. The molecule has 0 atom stereocenters. The molecule has 2 aliphatic heterocycles. The van der Waals surface area contributed by atoms with E-state index in [0.717, 1.165) is 4.90 Å². The third-order valence-corrected chi connectivity index (χ3v) is 3.64. The first kappa shape index (κ1) is 16.7. The highest BCUT2D eigenvalue weighted by Crippen LogP contribution is 2.34. The van der Waals surface area contributed by atoms with Crippen LogP contribution in [0.2, 0.25) is 0 Å². The van der Waals surface area contributed by atoms with Gasteiger partial charge >= 0.3 is 17.8 Å². The van der Waals surface area contributed by atoms with Crippen molar-refractivity contribution >= 4 is 29.4 Å². The first-order valence-electron chi connectivity index (χ1n) is 7.73. The number of nitrogens with zero attached hydrogens (tertiary/aromatic N) is 2. The third-order valence-electron chi connectivity index (χ3n) is 3.64. The van der Waals surface area contributed by atoms with E-state index in [1.807, 2.05) is 13.8 Å². The molecule has 132 valence electrons. The topological polar surface area (TPSA) is 105 Å². The summed E-state index contributed by atoms with van der Waals surface area (Å²) in [7, 11) is 0. The predicted molar refractivity (Wildman–Crippen MR) is 84.9 cm³/mol. The maximum absolute atomic E-state index is 12.2. The van der Waals surface area contributed by atoms with Crippen molar-refractivity contribution in [3.05, 3.63) is 18.2 Å². The molecule has 1 saturated heterocycles. The lowest BCUT2D eigenvalue weighted by Crippen LogP contribution is -2.39. The van der Waals surface area contributed by atoms with Gasteiger partial charge in [0.1, 0.15) is 6.54 Å². The third kappa shape index (κ3) is 3.25. The van der Waals surface area contributed by atoms with Crippen molar-refractivity contribution in [1.82, 2.24) is 9.80 Å². The summed E-state index contributed by atoms with van der Waals surface area (Å²) in [6, 6.07) is 4.04. The molecule has 0 saturated carbocycles. The summed E-state index contributed by atoms with van der Waals surface area (Å²) in [5.41, 5.74) is 0.429. The molecule has 0 unspecified atom stereocenters. The van der Waals surface area contributed by atoms with Crippen LogP contribution >= 0.6 is 0 Å². The van der Waals surface area contributed by atoms with Crippen LogP contribution in [0.3, 0.4) is 0 Å². The average Bonchev–Trinajstić information content (AvgIpc) is 3.09. The number of nitrogens with one attached hydrogen (secondary N) is 1. The summed E-state index contributed by atoms with van der Waals surface area (Å²) in [5.74, 6) is -1.42. The largest absolute Gasteiger partial charge is 0.454 e. The fraction of sp³-hybridized carbons (Fsp3) is 0.375. The fourth-order valence-electron chi connectivity index (χ4n) is 2.53. The van der Waals surface area contributed by atoms with Gasteiger partial charge in [0.15, 0.2) is 11.5 Å². The Morgan fingerprint density at radius 1 is 1.12 bits per heavy atom. The van der Waals surface area contributed by atoms with Crippen molar-refractivity contribution in [2.75, 3.05) is 25.2 Å². The summed E-state index contributed by atoms with van der Waals surface area (Å²) in [4.78, 5) is 49.7. The van der Waals surface area contributed by atoms with E-state index in [0.29, 0.717) is 22.1 Å². The molecule has 0 aliphatic carbocycles. The molecule has 9 nitrogen and oxygen atoms in total. The zero-order valence-electron chi connectivity index (χ0n) is 13.8. The molecule has 0 spiro atoms. The van der Waals surface area contributed by atoms with E-state index in [-0.39, 0.29) is 19.3 Å². The lowest BCUT2D eigenvalue weighted by Gasteiger charge is -2.16. The van der Waals surface area contributed by atoms with Crippen molar-refractivity contribution in [2.45, 2.75) is 13.8 Å². The Morgan fingerprint density at radius 3 is 2.52 bits per heavy atom. The highest BCUT2D eigenvalue weighted by Gasteiger charge is 2.45. The van der Waals surface area contributed by atoms with Gasteiger partial charge in [-0.05, 0) is 18.1 Å². The first-order chi connectivity index (χ1) is 11.9. The van der Waals surface area contributed by atoms with Gasteiger partial charge in [0.05, 0.1) is 0 Å². The van der Waals surface area contributed by atoms with E-state index >= 15 is 0 Å². The highest BCUT2D eigenvalue weighted by atomic mass is 16.7. The molecule has 1 N–H and O–H groups in total. The predicted octanol–water partition coefficient (Wildman–Crippen LogP) is 0.801.